The van der Waals surface area contributed by atoms with E-state index in [4.69, 9.17) is 11.6 Å². The molecular formula is C16H19ClN2O6S2. The minimum Gasteiger partial charge on any atom is -0.335 e. The summed E-state index contributed by atoms with van der Waals surface area (Å²) >= 11 is 6.21. The third-order valence-corrected chi connectivity index (χ3v) is 8.50. The van der Waals surface area contributed by atoms with Crippen LogP contribution in [0.15, 0.2) is 18.2 Å². The van der Waals surface area contributed by atoms with E-state index >= 15 is 0 Å². The van der Waals surface area contributed by atoms with Crippen LogP contribution in [0.4, 0.5) is 5.69 Å². The van der Waals surface area contributed by atoms with Gasteiger partial charge >= 0.3 is 0 Å². The zero-order valence-corrected chi connectivity index (χ0v) is 17.0. The molecule has 2 saturated heterocycles. The second-order valence-electron chi connectivity index (χ2n) is 6.54. The molecule has 2 aliphatic rings. The predicted octanol–water partition coefficient (Wildman–Crippen LogP) is 1.06. The molecule has 27 heavy (non-hydrogen) atoms. The van der Waals surface area contributed by atoms with E-state index in [1.54, 1.807) is 6.92 Å². The van der Waals surface area contributed by atoms with Crippen LogP contribution in [-0.2, 0) is 24.7 Å². The van der Waals surface area contributed by atoms with E-state index in [0.29, 0.717) is 17.3 Å². The van der Waals surface area contributed by atoms with E-state index in [2.05, 4.69) is 0 Å². The number of anilines is 1. The van der Waals surface area contributed by atoms with Crippen LogP contribution in [0.2, 0.25) is 5.02 Å². The molecule has 0 radical (unpaired) electrons. The maximum atomic E-state index is 12.9. The normalized spacial score (nSPS) is 23.6. The highest BCUT2D eigenvalue weighted by Gasteiger charge is 2.37. The lowest BCUT2D eigenvalue weighted by atomic mass is 10.1. The fraction of sp³-hybridized carbons (Fsp3) is 0.500. The van der Waals surface area contributed by atoms with Crippen LogP contribution in [0.1, 0.15) is 30.1 Å². The average molecular weight is 435 g/mol. The molecule has 2 heterocycles. The fourth-order valence-corrected chi connectivity index (χ4v) is 6.85. The topological polar surface area (TPSA) is 109 Å². The van der Waals surface area contributed by atoms with Crippen LogP contribution >= 0.6 is 11.6 Å². The van der Waals surface area contributed by atoms with E-state index in [1.807, 2.05) is 0 Å². The van der Waals surface area contributed by atoms with Gasteiger partial charge < -0.3 is 4.90 Å². The van der Waals surface area contributed by atoms with Crippen LogP contribution in [0.25, 0.3) is 0 Å². The molecule has 3 rings (SSSR count). The molecule has 0 unspecified atom stereocenters. The maximum absolute atomic E-state index is 12.9. The Balaban J connectivity index is 1.89. The summed E-state index contributed by atoms with van der Waals surface area (Å²) in [4.78, 5) is 26.2. The molecule has 0 bridgehead atoms. The SMILES string of the molecule is CCN(C(=O)c1ccc(N2C(=O)CCS2(=O)=O)cc1Cl)[C@H]1CCS(=O)(=O)C1. The molecule has 1 aromatic rings. The summed E-state index contributed by atoms with van der Waals surface area (Å²) in [7, 11) is -6.87. The molecule has 0 aromatic heterocycles. The van der Waals surface area contributed by atoms with Gasteiger partial charge in [0, 0.05) is 19.0 Å². The lowest BCUT2D eigenvalue weighted by Crippen LogP contribution is -2.41. The number of rotatable bonds is 4. The van der Waals surface area contributed by atoms with E-state index in [-0.39, 0.29) is 40.0 Å². The number of nitrogens with zero attached hydrogens (tertiary/aromatic N) is 2. The molecule has 1 aromatic carbocycles. The van der Waals surface area contributed by atoms with Crippen LogP contribution in [0.3, 0.4) is 0 Å². The smallest absolute Gasteiger partial charge is 0.255 e. The third-order valence-electron chi connectivity index (χ3n) is 4.75. The minimum atomic E-state index is -3.72. The van der Waals surface area contributed by atoms with Crippen molar-refractivity contribution in [2.24, 2.45) is 0 Å². The summed E-state index contributed by atoms with van der Waals surface area (Å²) in [5.41, 5.74) is 0.223. The lowest BCUT2D eigenvalue weighted by molar-refractivity contribution is -0.116. The molecular weight excluding hydrogens is 416 g/mol. The minimum absolute atomic E-state index is 0.00621. The number of hydrogen-bond acceptors (Lipinski definition) is 6. The fourth-order valence-electron chi connectivity index (χ4n) is 3.42. The van der Waals surface area contributed by atoms with Crippen LogP contribution < -0.4 is 4.31 Å². The Hall–Kier alpha value is -1.65. The molecule has 8 nitrogen and oxygen atoms in total. The first-order valence-corrected chi connectivity index (χ1v) is 12.2. The lowest BCUT2D eigenvalue weighted by Gasteiger charge is -2.27. The molecule has 0 aliphatic carbocycles. The van der Waals surface area contributed by atoms with E-state index in [0.717, 1.165) is 0 Å². The van der Waals surface area contributed by atoms with Crippen molar-refractivity contribution < 1.29 is 26.4 Å². The highest BCUT2D eigenvalue weighted by atomic mass is 35.5. The largest absolute Gasteiger partial charge is 0.335 e. The molecule has 11 heteroatoms. The summed E-state index contributed by atoms with van der Waals surface area (Å²) in [6.07, 6.45) is 0.276. The number of carbonyl (C=O) groups excluding carboxylic acids is 2. The second-order valence-corrected chi connectivity index (χ2v) is 11.1. The Kier molecular flexibility index (Phi) is 5.26. The van der Waals surface area contributed by atoms with Crippen molar-refractivity contribution in [1.82, 2.24) is 4.90 Å². The number of sulfone groups is 1. The Morgan fingerprint density at radius 2 is 1.96 bits per heavy atom. The summed E-state index contributed by atoms with van der Waals surface area (Å²) in [6, 6.07) is 3.59. The third kappa shape index (κ3) is 3.83. The van der Waals surface area contributed by atoms with Crippen molar-refractivity contribution in [3.05, 3.63) is 28.8 Å². The molecule has 148 valence electrons. The van der Waals surface area contributed by atoms with Gasteiger partial charge in [0.2, 0.25) is 15.9 Å². The van der Waals surface area contributed by atoms with Gasteiger partial charge in [-0.1, -0.05) is 11.6 Å². The van der Waals surface area contributed by atoms with E-state index < -0.39 is 37.7 Å². The quantitative estimate of drug-likeness (QED) is 0.700. The van der Waals surface area contributed by atoms with Crippen LogP contribution in [-0.4, -0.2) is 63.4 Å². The van der Waals surface area contributed by atoms with Crippen molar-refractivity contribution in [1.29, 1.82) is 0 Å². The molecule has 2 amide bonds. The number of benzene rings is 1. The Morgan fingerprint density at radius 3 is 2.44 bits per heavy atom. The van der Waals surface area contributed by atoms with Gasteiger partial charge in [0.25, 0.3) is 5.91 Å². The van der Waals surface area contributed by atoms with Gasteiger partial charge in [0.15, 0.2) is 9.84 Å². The Labute approximate surface area is 163 Å². The standard InChI is InChI=1S/C16H19ClN2O6S2/c1-2-18(12-5-7-26(22,23)10-12)16(21)13-4-3-11(9-14(13)17)19-15(20)6-8-27(19,24)25/h3-4,9,12H,2,5-8,10H2,1H3/t12-/m0/s1. The van der Waals surface area contributed by atoms with Crippen molar-refractivity contribution in [2.75, 3.05) is 28.1 Å². The first-order valence-electron chi connectivity index (χ1n) is 8.42. The molecule has 2 fully saturated rings. The number of amides is 2. The second kappa shape index (κ2) is 7.06. The van der Waals surface area contributed by atoms with Crippen LogP contribution in [0, 0.1) is 0 Å². The van der Waals surface area contributed by atoms with Gasteiger partial charge in [-0.05, 0) is 31.5 Å². The molecule has 2 aliphatic heterocycles. The Morgan fingerprint density at radius 1 is 1.26 bits per heavy atom. The van der Waals surface area contributed by atoms with Crippen molar-refractivity contribution in [3.8, 4) is 0 Å². The van der Waals surface area contributed by atoms with Gasteiger partial charge in [0.05, 0.1) is 33.5 Å². The summed E-state index contributed by atoms with van der Waals surface area (Å²) < 4.78 is 48.2. The predicted molar refractivity (Wildman–Crippen MR) is 101 cm³/mol. The monoisotopic (exact) mass is 434 g/mol. The highest BCUT2D eigenvalue weighted by Crippen LogP contribution is 2.30. The van der Waals surface area contributed by atoms with E-state index in [1.165, 1.54) is 23.1 Å². The van der Waals surface area contributed by atoms with Crippen molar-refractivity contribution in [2.45, 2.75) is 25.8 Å². The molecule has 0 spiro atoms. The highest BCUT2D eigenvalue weighted by molar-refractivity contribution is 7.94. The number of halogens is 1. The maximum Gasteiger partial charge on any atom is 0.255 e. The zero-order chi connectivity index (χ0) is 20.0. The van der Waals surface area contributed by atoms with Crippen molar-refractivity contribution in [3.63, 3.8) is 0 Å². The zero-order valence-electron chi connectivity index (χ0n) is 14.6. The Bertz CT molecular complexity index is 1010. The first kappa shape index (κ1) is 20.1. The van der Waals surface area contributed by atoms with E-state index in [9.17, 15) is 26.4 Å². The summed E-state index contributed by atoms with van der Waals surface area (Å²) in [6.45, 7) is 2.07. The summed E-state index contributed by atoms with van der Waals surface area (Å²) in [5.74, 6) is -1.27. The molecule has 0 N–H and O–H groups in total. The number of hydrogen-bond donors (Lipinski definition) is 0. The van der Waals surface area contributed by atoms with Crippen LogP contribution in [0.5, 0.6) is 0 Å². The van der Waals surface area contributed by atoms with Gasteiger partial charge in [-0.25, -0.2) is 21.1 Å². The average Bonchev–Trinajstić information content (AvgIpc) is 3.06. The van der Waals surface area contributed by atoms with Gasteiger partial charge in [-0.15, -0.1) is 0 Å². The van der Waals surface area contributed by atoms with Gasteiger partial charge in [-0.3, -0.25) is 9.59 Å². The number of carbonyl (C=O) groups is 2. The molecule has 0 saturated carbocycles. The van der Waals surface area contributed by atoms with Crippen molar-refractivity contribution >= 4 is 49.0 Å². The molecule has 1 atom stereocenters. The summed E-state index contributed by atoms with van der Waals surface area (Å²) in [5, 5.41) is 0.00621. The van der Waals surface area contributed by atoms with Gasteiger partial charge in [0.1, 0.15) is 0 Å². The van der Waals surface area contributed by atoms with Gasteiger partial charge in [-0.2, -0.15) is 0 Å². The first-order chi connectivity index (χ1) is 12.6. The number of sulfonamides is 1.